The van der Waals surface area contributed by atoms with Crippen LogP contribution < -0.4 is 5.32 Å². The summed E-state index contributed by atoms with van der Waals surface area (Å²) in [6.07, 6.45) is 2.63. The van der Waals surface area contributed by atoms with Crippen molar-refractivity contribution in [3.05, 3.63) is 36.5 Å². The Morgan fingerprint density at radius 1 is 1.19 bits per heavy atom. The number of hydrogen-bond acceptors (Lipinski definition) is 4. The molecular formula is C15H17N3O2S. The molecule has 1 aromatic carbocycles. The molecule has 1 N–H and O–H groups in total. The maximum Gasteiger partial charge on any atom is 0.244 e. The molecule has 4 rings (SSSR count). The Morgan fingerprint density at radius 2 is 2.10 bits per heavy atom. The normalized spacial score (nSPS) is 26.3. The average Bonchev–Trinajstić information content (AvgIpc) is 3.09. The molecular weight excluding hydrogens is 286 g/mol. The predicted octanol–water partition coefficient (Wildman–Crippen LogP) is 1.22. The smallest absolute Gasteiger partial charge is 0.244 e. The molecule has 1 aromatic heterocycles. The average molecular weight is 303 g/mol. The highest BCUT2D eigenvalue weighted by Gasteiger charge is 2.44. The molecule has 2 aromatic rings. The van der Waals surface area contributed by atoms with E-state index in [1.807, 2.05) is 12.1 Å². The van der Waals surface area contributed by atoms with Gasteiger partial charge >= 0.3 is 0 Å². The standard InChI is InChI=1S/C15H17N3O2S/c19-21(20,18-8-6-11-9-16-10-14(11)18)15-5-1-4-13-12(15)3-2-7-17-13/h1-5,7,11,14,16H,6,8-10H2/t11-,14+/m0/s1. The molecule has 2 saturated heterocycles. The van der Waals surface area contributed by atoms with Crippen molar-refractivity contribution >= 4 is 20.9 Å². The van der Waals surface area contributed by atoms with E-state index in [-0.39, 0.29) is 6.04 Å². The molecule has 5 nitrogen and oxygen atoms in total. The minimum atomic E-state index is -3.47. The minimum absolute atomic E-state index is 0.0990. The Kier molecular flexibility index (Phi) is 2.99. The number of pyridine rings is 1. The van der Waals surface area contributed by atoms with Crippen LogP contribution in [0.2, 0.25) is 0 Å². The Hall–Kier alpha value is -1.50. The molecule has 0 radical (unpaired) electrons. The molecule has 21 heavy (non-hydrogen) atoms. The van der Waals surface area contributed by atoms with Crippen LogP contribution in [0.4, 0.5) is 0 Å². The zero-order valence-electron chi connectivity index (χ0n) is 11.6. The number of hydrogen-bond donors (Lipinski definition) is 1. The number of nitrogens with one attached hydrogen (secondary N) is 1. The number of sulfonamides is 1. The Labute approximate surface area is 124 Å². The van der Waals surface area contributed by atoms with Crippen molar-refractivity contribution in [3.8, 4) is 0 Å². The van der Waals surface area contributed by atoms with E-state index < -0.39 is 10.0 Å². The summed E-state index contributed by atoms with van der Waals surface area (Å²) in [6.45, 7) is 2.30. The summed E-state index contributed by atoms with van der Waals surface area (Å²) >= 11 is 0. The van der Waals surface area contributed by atoms with Crippen LogP contribution in [-0.4, -0.2) is 43.4 Å². The van der Waals surface area contributed by atoms with Crippen LogP contribution in [0.3, 0.4) is 0 Å². The van der Waals surface area contributed by atoms with Crippen molar-refractivity contribution in [3.63, 3.8) is 0 Å². The predicted molar refractivity (Wildman–Crippen MR) is 80.4 cm³/mol. The largest absolute Gasteiger partial charge is 0.315 e. The molecule has 0 amide bonds. The van der Waals surface area contributed by atoms with Crippen LogP contribution >= 0.6 is 0 Å². The van der Waals surface area contributed by atoms with Gasteiger partial charge in [-0.05, 0) is 43.1 Å². The Morgan fingerprint density at radius 3 is 3.00 bits per heavy atom. The molecule has 2 aliphatic heterocycles. The molecule has 0 aliphatic carbocycles. The summed E-state index contributed by atoms with van der Waals surface area (Å²) in [5, 5.41) is 4.00. The van der Waals surface area contributed by atoms with E-state index in [1.165, 1.54) is 0 Å². The summed E-state index contributed by atoms with van der Waals surface area (Å²) in [6, 6.07) is 9.01. The van der Waals surface area contributed by atoms with Gasteiger partial charge < -0.3 is 5.32 Å². The SMILES string of the molecule is O=S(=O)(c1cccc2ncccc12)N1CC[C@H]2CNC[C@H]21. The van der Waals surface area contributed by atoms with Gasteiger partial charge in [-0.15, -0.1) is 0 Å². The number of fused-ring (bicyclic) bond motifs is 2. The fourth-order valence-electron chi connectivity index (χ4n) is 3.53. The first-order chi connectivity index (χ1) is 10.2. The maximum absolute atomic E-state index is 13.1. The van der Waals surface area contributed by atoms with E-state index in [9.17, 15) is 8.42 Å². The second kappa shape index (κ2) is 4.76. The van der Waals surface area contributed by atoms with Gasteiger partial charge in [-0.3, -0.25) is 4.98 Å². The summed E-state index contributed by atoms with van der Waals surface area (Å²) < 4.78 is 27.8. The molecule has 0 unspecified atom stereocenters. The summed E-state index contributed by atoms with van der Waals surface area (Å²) in [4.78, 5) is 4.63. The summed E-state index contributed by atoms with van der Waals surface area (Å²) in [7, 11) is -3.47. The second-order valence-electron chi connectivity index (χ2n) is 5.72. The highest BCUT2D eigenvalue weighted by Crippen LogP contribution is 2.34. The number of benzene rings is 1. The molecule has 0 bridgehead atoms. The van der Waals surface area contributed by atoms with E-state index in [0.717, 1.165) is 25.0 Å². The maximum atomic E-state index is 13.1. The second-order valence-corrected chi connectivity index (χ2v) is 7.58. The molecule has 2 fully saturated rings. The van der Waals surface area contributed by atoms with Crippen LogP contribution in [0, 0.1) is 5.92 Å². The van der Waals surface area contributed by atoms with Crippen molar-refractivity contribution in [1.29, 1.82) is 0 Å². The van der Waals surface area contributed by atoms with Crippen molar-refractivity contribution in [2.24, 2.45) is 5.92 Å². The quantitative estimate of drug-likeness (QED) is 0.906. The lowest BCUT2D eigenvalue weighted by atomic mass is 10.1. The highest BCUT2D eigenvalue weighted by molar-refractivity contribution is 7.89. The van der Waals surface area contributed by atoms with Gasteiger partial charge in [-0.25, -0.2) is 8.42 Å². The monoisotopic (exact) mass is 303 g/mol. The van der Waals surface area contributed by atoms with Crippen molar-refractivity contribution < 1.29 is 8.42 Å². The van der Waals surface area contributed by atoms with E-state index >= 15 is 0 Å². The van der Waals surface area contributed by atoms with Gasteiger partial charge in [0.15, 0.2) is 0 Å². The Balaban J connectivity index is 1.84. The van der Waals surface area contributed by atoms with Gasteiger partial charge in [0.2, 0.25) is 10.0 Å². The van der Waals surface area contributed by atoms with Crippen LogP contribution in [-0.2, 0) is 10.0 Å². The van der Waals surface area contributed by atoms with Gasteiger partial charge in [-0.2, -0.15) is 4.31 Å². The topological polar surface area (TPSA) is 62.3 Å². The van der Waals surface area contributed by atoms with Crippen LogP contribution in [0.5, 0.6) is 0 Å². The zero-order valence-corrected chi connectivity index (χ0v) is 12.4. The minimum Gasteiger partial charge on any atom is -0.315 e. The van der Waals surface area contributed by atoms with Crippen LogP contribution in [0.1, 0.15) is 6.42 Å². The highest BCUT2D eigenvalue weighted by atomic mass is 32.2. The zero-order chi connectivity index (χ0) is 14.4. The summed E-state index contributed by atoms with van der Waals surface area (Å²) in [5.74, 6) is 0.452. The van der Waals surface area contributed by atoms with Crippen LogP contribution in [0.15, 0.2) is 41.4 Å². The lowest BCUT2D eigenvalue weighted by Crippen LogP contribution is -2.39. The lowest BCUT2D eigenvalue weighted by molar-refractivity contribution is 0.383. The van der Waals surface area contributed by atoms with Gasteiger partial charge in [0.05, 0.1) is 10.4 Å². The molecule has 0 spiro atoms. The third-order valence-electron chi connectivity index (χ3n) is 4.59. The van der Waals surface area contributed by atoms with E-state index in [1.54, 1.807) is 28.7 Å². The van der Waals surface area contributed by atoms with Crippen molar-refractivity contribution in [2.75, 3.05) is 19.6 Å². The van der Waals surface area contributed by atoms with Gasteiger partial charge in [0, 0.05) is 30.7 Å². The first kappa shape index (κ1) is 13.2. The molecule has 110 valence electrons. The van der Waals surface area contributed by atoms with E-state index in [0.29, 0.717) is 22.7 Å². The van der Waals surface area contributed by atoms with Gasteiger partial charge in [-0.1, -0.05) is 6.07 Å². The third-order valence-corrected chi connectivity index (χ3v) is 6.57. The summed E-state index contributed by atoms with van der Waals surface area (Å²) in [5.41, 5.74) is 0.721. The Bertz CT molecular complexity index is 785. The van der Waals surface area contributed by atoms with Crippen LogP contribution in [0.25, 0.3) is 10.9 Å². The first-order valence-electron chi connectivity index (χ1n) is 7.24. The third kappa shape index (κ3) is 1.97. The van der Waals surface area contributed by atoms with E-state index in [2.05, 4.69) is 10.3 Å². The van der Waals surface area contributed by atoms with Crippen molar-refractivity contribution in [2.45, 2.75) is 17.4 Å². The van der Waals surface area contributed by atoms with E-state index in [4.69, 9.17) is 0 Å². The number of nitrogens with zero attached hydrogens (tertiary/aromatic N) is 2. The molecule has 3 heterocycles. The number of aromatic nitrogens is 1. The fraction of sp³-hybridized carbons (Fsp3) is 0.400. The molecule has 2 aliphatic rings. The fourth-order valence-corrected chi connectivity index (χ4v) is 5.44. The van der Waals surface area contributed by atoms with Gasteiger partial charge in [0.25, 0.3) is 0 Å². The first-order valence-corrected chi connectivity index (χ1v) is 8.68. The molecule has 2 atom stereocenters. The van der Waals surface area contributed by atoms with Gasteiger partial charge in [0.1, 0.15) is 0 Å². The number of rotatable bonds is 2. The molecule has 0 saturated carbocycles. The molecule has 6 heteroatoms. The lowest BCUT2D eigenvalue weighted by Gasteiger charge is -2.23. The van der Waals surface area contributed by atoms with Crippen molar-refractivity contribution in [1.82, 2.24) is 14.6 Å².